The number of nitrogens with zero attached hydrogens (tertiary/aromatic N) is 2. The second kappa shape index (κ2) is 12.5. The largest absolute Gasteiger partial charge is 0.493 e. The fourth-order valence-electron chi connectivity index (χ4n) is 3.30. The highest BCUT2D eigenvalue weighted by Crippen LogP contribution is 2.38. The molecule has 12 heteroatoms. The summed E-state index contributed by atoms with van der Waals surface area (Å²) < 4.78 is 73.5. The number of rotatable bonds is 10. The van der Waals surface area contributed by atoms with Crippen LogP contribution >= 0.6 is 11.6 Å². The maximum Gasteiger partial charge on any atom is 0.417 e. The Hall–Kier alpha value is -3.57. The maximum atomic E-state index is 13.5. The highest BCUT2D eigenvalue weighted by atomic mass is 35.5. The van der Waals surface area contributed by atoms with Crippen LogP contribution in [0.3, 0.4) is 0 Å². The molecule has 0 aromatic heterocycles. The van der Waals surface area contributed by atoms with Crippen molar-refractivity contribution in [2.75, 3.05) is 17.5 Å². The first-order valence-electron chi connectivity index (χ1n) is 11.8. The van der Waals surface area contributed by atoms with Crippen LogP contribution in [0.2, 0.25) is 5.02 Å². The molecule has 1 N–H and O–H groups in total. The number of hydrazone groups is 1. The lowest BCUT2D eigenvalue weighted by Crippen LogP contribution is -2.39. The number of benzene rings is 3. The van der Waals surface area contributed by atoms with E-state index in [0.717, 1.165) is 17.7 Å². The minimum Gasteiger partial charge on any atom is -0.493 e. The van der Waals surface area contributed by atoms with Crippen LogP contribution in [-0.2, 0) is 21.0 Å². The quantitative estimate of drug-likeness (QED) is 0.233. The van der Waals surface area contributed by atoms with E-state index in [2.05, 4.69) is 10.5 Å². The minimum atomic E-state index is -4.84. The molecule has 208 valence electrons. The summed E-state index contributed by atoms with van der Waals surface area (Å²) in [5.41, 5.74) is 2.01. The summed E-state index contributed by atoms with van der Waals surface area (Å²) in [6.07, 6.45) is -3.50. The monoisotopic (exact) mass is 581 g/mol. The third-order valence-corrected chi connectivity index (χ3v) is 7.42. The summed E-state index contributed by atoms with van der Waals surface area (Å²) in [6.45, 7) is 5.52. The van der Waals surface area contributed by atoms with Crippen molar-refractivity contribution in [2.45, 2.75) is 31.8 Å². The maximum absolute atomic E-state index is 13.5. The van der Waals surface area contributed by atoms with E-state index < -0.39 is 39.2 Å². The van der Waals surface area contributed by atoms with Gasteiger partial charge >= 0.3 is 6.18 Å². The van der Waals surface area contributed by atoms with E-state index in [-0.39, 0.29) is 10.6 Å². The molecule has 0 spiro atoms. The molecule has 0 aliphatic carbocycles. The summed E-state index contributed by atoms with van der Waals surface area (Å²) in [5.74, 6) is 0.161. The molecule has 0 bridgehead atoms. The Bertz CT molecular complexity index is 1430. The number of alkyl halides is 3. The van der Waals surface area contributed by atoms with Crippen molar-refractivity contribution in [3.63, 3.8) is 0 Å². The highest BCUT2D eigenvalue weighted by Gasteiger charge is 2.35. The zero-order valence-corrected chi connectivity index (χ0v) is 22.9. The Morgan fingerprint density at radius 2 is 1.72 bits per heavy atom. The zero-order valence-electron chi connectivity index (χ0n) is 21.4. The van der Waals surface area contributed by atoms with Gasteiger partial charge in [-0.1, -0.05) is 43.1 Å². The van der Waals surface area contributed by atoms with Gasteiger partial charge in [0, 0.05) is 0 Å². The average Bonchev–Trinajstić information content (AvgIpc) is 2.87. The molecule has 0 aliphatic rings. The SMILES string of the molecule is Cc1ccc(S(=O)(=O)N(CC(=O)N/N=C\c2ccc(OCC(C)C)cc2)c2ccc(Cl)c(C(F)(F)F)c2)cc1. The number of aryl methyl sites for hydroxylation is 1. The van der Waals surface area contributed by atoms with Gasteiger partial charge in [-0.05, 0) is 73.0 Å². The van der Waals surface area contributed by atoms with E-state index in [1.54, 1.807) is 31.2 Å². The Morgan fingerprint density at radius 3 is 2.31 bits per heavy atom. The van der Waals surface area contributed by atoms with Gasteiger partial charge in [0.25, 0.3) is 15.9 Å². The van der Waals surface area contributed by atoms with E-state index in [9.17, 15) is 26.4 Å². The van der Waals surface area contributed by atoms with Gasteiger partial charge in [-0.25, -0.2) is 13.8 Å². The van der Waals surface area contributed by atoms with Crippen LogP contribution < -0.4 is 14.5 Å². The van der Waals surface area contributed by atoms with E-state index in [1.807, 2.05) is 13.8 Å². The van der Waals surface area contributed by atoms with Crippen molar-refractivity contribution < 1.29 is 31.1 Å². The molecular formula is C27H27ClF3N3O4S. The van der Waals surface area contributed by atoms with Gasteiger partial charge < -0.3 is 4.74 Å². The van der Waals surface area contributed by atoms with Crippen molar-refractivity contribution in [3.8, 4) is 5.75 Å². The zero-order chi connectivity index (χ0) is 28.8. The molecule has 0 saturated carbocycles. The van der Waals surface area contributed by atoms with Crippen molar-refractivity contribution >= 4 is 39.4 Å². The number of ether oxygens (including phenoxy) is 1. The number of hydrogen-bond acceptors (Lipinski definition) is 5. The summed E-state index contributed by atoms with van der Waals surface area (Å²) in [5, 5.41) is 3.24. The molecule has 0 saturated heterocycles. The van der Waals surface area contributed by atoms with E-state index in [4.69, 9.17) is 16.3 Å². The lowest BCUT2D eigenvalue weighted by Gasteiger charge is -2.25. The predicted molar refractivity (Wildman–Crippen MR) is 145 cm³/mol. The fraction of sp³-hybridized carbons (Fsp3) is 0.259. The molecular weight excluding hydrogens is 555 g/mol. The second-order valence-electron chi connectivity index (χ2n) is 9.05. The fourth-order valence-corrected chi connectivity index (χ4v) is 4.93. The summed E-state index contributed by atoms with van der Waals surface area (Å²) >= 11 is 5.71. The molecule has 0 fully saturated rings. The normalized spacial score (nSPS) is 12.1. The lowest BCUT2D eigenvalue weighted by molar-refractivity contribution is -0.137. The molecule has 1 amide bonds. The molecule has 0 unspecified atom stereocenters. The Kier molecular flexibility index (Phi) is 9.63. The number of sulfonamides is 1. The third kappa shape index (κ3) is 8.21. The summed E-state index contributed by atoms with van der Waals surface area (Å²) in [6, 6.07) is 15.2. The topological polar surface area (TPSA) is 88.1 Å². The molecule has 0 radical (unpaired) electrons. The van der Waals surface area contributed by atoms with Crippen molar-refractivity contribution in [2.24, 2.45) is 11.0 Å². The molecule has 0 atom stereocenters. The summed E-state index contributed by atoms with van der Waals surface area (Å²) in [7, 11) is -4.44. The van der Waals surface area contributed by atoms with Gasteiger partial charge in [-0.3, -0.25) is 9.10 Å². The predicted octanol–water partition coefficient (Wildman–Crippen LogP) is 6.05. The van der Waals surface area contributed by atoms with Crippen molar-refractivity contribution in [1.82, 2.24) is 5.43 Å². The lowest BCUT2D eigenvalue weighted by atomic mass is 10.2. The van der Waals surface area contributed by atoms with Gasteiger partial charge in [-0.15, -0.1) is 0 Å². The van der Waals surface area contributed by atoms with Crippen LogP contribution in [0.1, 0.15) is 30.5 Å². The smallest absolute Gasteiger partial charge is 0.417 e. The van der Waals surface area contributed by atoms with Crippen LogP contribution in [0.5, 0.6) is 5.75 Å². The first-order valence-corrected chi connectivity index (χ1v) is 13.6. The molecule has 3 rings (SSSR count). The number of nitrogens with one attached hydrogen (secondary N) is 1. The Labute approximate surface area is 230 Å². The van der Waals surface area contributed by atoms with E-state index in [0.29, 0.717) is 34.2 Å². The van der Waals surface area contributed by atoms with Crippen LogP contribution in [-0.4, -0.2) is 33.7 Å². The number of hydrogen-bond donors (Lipinski definition) is 1. The number of carbonyl (C=O) groups excluding carboxylic acids is 1. The summed E-state index contributed by atoms with van der Waals surface area (Å²) in [4.78, 5) is 12.5. The standard InChI is InChI=1S/C27H27ClF3N3O4S/c1-18(2)17-38-22-9-6-20(7-10-22)15-32-33-26(35)16-34(39(36,37)23-11-4-19(3)5-12-23)21-8-13-25(28)24(14-21)27(29,30)31/h4-15,18H,16-17H2,1-3H3,(H,33,35)/b32-15-. The van der Waals surface area contributed by atoms with Gasteiger partial charge in [0.05, 0.1) is 34.0 Å². The minimum absolute atomic E-state index is 0.201. The molecule has 0 aliphatic heterocycles. The molecule has 39 heavy (non-hydrogen) atoms. The van der Waals surface area contributed by atoms with Gasteiger partial charge in [0.2, 0.25) is 0 Å². The number of carbonyl (C=O) groups is 1. The van der Waals surface area contributed by atoms with Crippen LogP contribution in [0, 0.1) is 12.8 Å². The Balaban J connectivity index is 1.84. The number of anilines is 1. The van der Waals surface area contributed by atoms with Crippen LogP contribution in [0.15, 0.2) is 76.7 Å². The van der Waals surface area contributed by atoms with Gasteiger partial charge in [0.15, 0.2) is 0 Å². The molecule has 3 aromatic carbocycles. The van der Waals surface area contributed by atoms with Gasteiger partial charge in [-0.2, -0.15) is 18.3 Å². The van der Waals surface area contributed by atoms with Gasteiger partial charge in [0.1, 0.15) is 12.3 Å². The Morgan fingerprint density at radius 1 is 1.08 bits per heavy atom. The van der Waals surface area contributed by atoms with Crippen molar-refractivity contribution in [1.29, 1.82) is 0 Å². The average molecular weight is 582 g/mol. The number of halogens is 4. The first-order chi connectivity index (χ1) is 18.3. The van der Waals surface area contributed by atoms with Crippen molar-refractivity contribution in [3.05, 3.63) is 88.4 Å². The molecule has 0 heterocycles. The molecule has 7 nitrogen and oxygen atoms in total. The van der Waals surface area contributed by atoms with Crippen LogP contribution in [0.25, 0.3) is 0 Å². The van der Waals surface area contributed by atoms with Crippen LogP contribution in [0.4, 0.5) is 18.9 Å². The highest BCUT2D eigenvalue weighted by molar-refractivity contribution is 7.92. The third-order valence-electron chi connectivity index (χ3n) is 5.31. The number of amides is 1. The van der Waals surface area contributed by atoms with E-state index in [1.165, 1.54) is 30.5 Å². The van der Waals surface area contributed by atoms with E-state index >= 15 is 0 Å². The second-order valence-corrected chi connectivity index (χ2v) is 11.3. The first kappa shape index (κ1) is 30.0. The molecule has 3 aromatic rings.